The highest BCUT2D eigenvalue weighted by Gasteiger charge is 2.40. The number of β-amino-alcohol motifs (C(OH)–C–C–N with tert-alkyl or cyclic N) is 1. The van der Waals surface area contributed by atoms with Crippen molar-refractivity contribution in [2.45, 2.75) is 43.6 Å². The normalized spacial score (nSPS) is 27.1. The lowest BCUT2D eigenvalue weighted by molar-refractivity contribution is -0.155. The Bertz CT molecular complexity index is 1020. The van der Waals surface area contributed by atoms with E-state index < -0.39 is 6.10 Å². The van der Waals surface area contributed by atoms with Crippen molar-refractivity contribution in [3.05, 3.63) is 60.4 Å². The van der Waals surface area contributed by atoms with Gasteiger partial charge in [0.25, 0.3) is 5.91 Å². The number of carbonyl (C=O) groups excluding carboxylic acids is 2. The Morgan fingerprint density at radius 1 is 0.972 bits per heavy atom. The lowest BCUT2D eigenvalue weighted by Gasteiger charge is -2.44. The van der Waals surface area contributed by atoms with E-state index in [0.717, 1.165) is 13.1 Å². The van der Waals surface area contributed by atoms with Gasteiger partial charge in [-0.3, -0.25) is 14.6 Å². The van der Waals surface area contributed by atoms with Crippen molar-refractivity contribution in [3.8, 4) is 0 Å². The number of aliphatic hydroxyl groups is 1. The second-order valence-electron chi connectivity index (χ2n) is 9.71. The van der Waals surface area contributed by atoms with Crippen LogP contribution in [0.5, 0.6) is 0 Å². The molecule has 0 radical (unpaired) electrons. The van der Waals surface area contributed by atoms with Crippen molar-refractivity contribution in [1.29, 1.82) is 0 Å². The average Bonchev–Trinajstić information content (AvgIpc) is 2.92. The zero-order valence-corrected chi connectivity index (χ0v) is 20.4. The SMILES string of the molecule is O=C(C[C@@H]1CC[C@H]2[C@@H](COC[C@H](O)CN2C(=O)c2ccccn2)O1)N1CCN(c2ccccc2)CC1. The Balaban J connectivity index is 1.18. The number of hydrogen-bond donors (Lipinski definition) is 1. The molecule has 3 aliphatic heterocycles. The van der Waals surface area contributed by atoms with Crippen LogP contribution in [0.15, 0.2) is 54.7 Å². The third-order valence-electron chi connectivity index (χ3n) is 7.28. The van der Waals surface area contributed by atoms with Gasteiger partial charge in [-0.1, -0.05) is 24.3 Å². The molecule has 3 aliphatic rings. The fourth-order valence-corrected chi connectivity index (χ4v) is 5.39. The van der Waals surface area contributed by atoms with Crippen LogP contribution < -0.4 is 4.90 Å². The number of aromatic nitrogens is 1. The number of benzene rings is 1. The largest absolute Gasteiger partial charge is 0.389 e. The van der Waals surface area contributed by atoms with E-state index >= 15 is 0 Å². The Morgan fingerprint density at radius 2 is 1.75 bits per heavy atom. The minimum Gasteiger partial charge on any atom is -0.389 e. The summed E-state index contributed by atoms with van der Waals surface area (Å²) in [6.45, 7) is 3.58. The summed E-state index contributed by atoms with van der Waals surface area (Å²) in [5.74, 6) is -0.115. The van der Waals surface area contributed by atoms with Crippen molar-refractivity contribution < 1.29 is 24.2 Å². The lowest BCUT2D eigenvalue weighted by Crippen LogP contribution is -2.58. The van der Waals surface area contributed by atoms with Gasteiger partial charge in [-0.05, 0) is 37.1 Å². The van der Waals surface area contributed by atoms with Gasteiger partial charge < -0.3 is 29.3 Å². The zero-order chi connectivity index (χ0) is 24.9. The van der Waals surface area contributed by atoms with E-state index in [1.54, 1.807) is 29.3 Å². The van der Waals surface area contributed by atoms with Crippen LogP contribution in [0, 0.1) is 0 Å². The molecule has 36 heavy (non-hydrogen) atoms. The van der Waals surface area contributed by atoms with Gasteiger partial charge in [-0.15, -0.1) is 0 Å². The molecule has 0 spiro atoms. The molecule has 5 rings (SSSR count). The van der Waals surface area contributed by atoms with E-state index in [2.05, 4.69) is 22.0 Å². The number of fused-ring (bicyclic) bond motifs is 1. The van der Waals surface area contributed by atoms with E-state index in [-0.39, 0.29) is 49.8 Å². The summed E-state index contributed by atoms with van der Waals surface area (Å²) >= 11 is 0. The standard InChI is InChI=1S/C27H34N4O5/c32-21-17-31(27(34)23-8-4-5-11-28-23)24-10-9-22(36-25(24)19-35-18-21)16-26(33)30-14-12-29(13-15-30)20-6-2-1-3-7-20/h1-8,11,21-22,24-25,32H,9-10,12-19H2/t21-,22+,24+,25-/m1/s1. The van der Waals surface area contributed by atoms with Crippen molar-refractivity contribution in [2.75, 3.05) is 50.8 Å². The highest BCUT2D eigenvalue weighted by Crippen LogP contribution is 2.29. The highest BCUT2D eigenvalue weighted by molar-refractivity contribution is 5.92. The first-order valence-electron chi connectivity index (χ1n) is 12.8. The maximum absolute atomic E-state index is 13.3. The quantitative estimate of drug-likeness (QED) is 0.689. The summed E-state index contributed by atoms with van der Waals surface area (Å²) < 4.78 is 12.0. The average molecular weight is 495 g/mol. The van der Waals surface area contributed by atoms with Gasteiger partial charge in [0.05, 0.1) is 37.9 Å². The predicted octanol–water partition coefficient (Wildman–Crippen LogP) is 1.57. The molecule has 1 aromatic carbocycles. The lowest BCUT2D eigenvalue weighted by atomic mass is 9.94. The van der Waals surface area contributed by atoms with E-state index in [4.69, 9.17) is 9.47 Å². The molecule has 192 valence electrons. The summed E-state index contributed by atoms with van der Waals surface area (Å²) in [6, 6.07) is 15.3. The minimum absolute atomic E-state index is 0.106. The minimum atomic E-state index is -0.771. The van der Waals surface area contributed by atoms with E-state index in [1.807, 2.05) is 23.1 Å². The summed E-state index contributed by atoms with van der Waals surface area (Å²) in [5.41, 5.74) is 1.53. The Labute approximate surface area is 211 Å². The molecule has 4 heterocycles. The van der Waals surface area contributed by atoms with Crippen LogP contribution in [-0.4, -0.2) is 102 Å². The first kappa shape index (κ1) is 24.7. The van der Waals surface area contributed by atoms with Gasteiger partial charge >= 0.3 is 0 Å². The number of amides is 2. The summed E-state index contributed by atoms with van der Waals surface area (Å²) in [6.07, 6.45) is 1.92. The van der Waals surface area contributed by atoms with Gasteiger partial charge in [0.1, 0.15) is 11.8 Å². The molecule has 0 aliphatic carbocycles. The molecule has 9 heteroatoms. The second kappa shape index (κ2) is 11.4. The van der Waals surface area contributed by atoms with Gasteiger partial charge in [-0.2, -0.15) is 0 Å². The molecule has 3 saturated heterocycles. The van der Waals surface area contributed by atoms with Crippen LogP contribution in [0.4, 0.5) is 5.69 Å². The fourth-order valence-electron chi connectivity index (χ4n) is 5.39. The number of piperazine rings is 1. The summed E-state index contributed by atoms with van der Waals surface area (Å²) in [4.78, 5) is 36.5. The molecule has 9 nitrogen and oxygen atoms in total. The molecule has 1 N–H and O–H groups in total. The molecule has 1 aromatic heterocycles. The molecule has 3 fully saturated rings. The number of nitrogens with zero attached hydrogens (tertiary/aromatic N) is 4. The molecule has 0 saturated carbocycles. The number of aliphatic hydroxyl groups excluding tert-OH is 1. The third kappa shape index (κ3) is 5.69. The number of ether oxygens (including phenoxy) is 2. The number of para-hydroxylation sites is 1. The van der Waals surface area contributed by atoms with Gasteiger partial charge in [0.2, 0.25) is 5.91 Å². The highest BCUT2D eigenvalue weighted by atomic mass is 16.5. The first-order valence-corrected chi connectivity index (χ1v) is 12.8. The molecular formula is C27H34N4O5. The van der Waals surface area contributed by atoms with Crippen LogP contribution in [-0.2, 0) is 14.3 Å². The van der Waals surface area contributed by atoms with Crippen LogP contribution >= 0.6 is 0 Å². The van der Waals surface area contributed by atoms with Crippen LogP contribution in [0.2, 0.25) is 0 Å². The number of pyridine rings is 1. The molecule has 0 unspecified atom stereocenters. The summed E-state index contributed by atoms with van der Waals surface area (Å²) in [7, 11) is 0. The van der Waals surface area contributed by atoms with Crippen LogP contribution in [0.1, 0.15) is 29.8 Å². The van der Waals surface area contributed by atoms with E-state index in [0.29, 0.717) is 38.0 Å². The topological polar surface area (TPSA) is 95.4 Å². The second-order valence-corrected chi connectivity index (χ2v) is 9.71. The summed E-state index contributed by atoms with van der Waals surface area (Å²) in [5, 5.41) is 10.3. The van der Waals surface area contributed by atoms with Gasteiger partial charge in [-0.25, -0.2) is 0 Å². The van der Waals surface area contributed by atoms with Gasteiger partial charge in [0.15, 0.2) is 0 Å². The first-order chi connectivity index (χ1) is 17.6. The molecule has 0 bridgehead atoms. The van der Waals surface area contributed by atoms with Crippen LogP contribution in [0.3, 0.4) is 0 Å². The predicted molar refractivity (Wildman–Crippen MR) is 134 cm³/mol. The monoisotopic (exact) mass is 494 g/mol. The molecular weight excluding hydrogens is 460 g/mol. The number of carbonyl (C=O) groups is 2. The molecule has 4 atom stereocenters. The van der Waals surface area contributed by atoms with Crippen LogP contribution in [0.25, 0.3) is 0 Å². The van der Waals surface area contributed by atoms with E-state index in [1.165, 1.54) is 5.69 Å². The zero-order valence-electron chi connectivity index (χ0n) is 20.4. The molecule has 2 aromatic rings. The van der Waals surface area contributed by atoms with Crippen molar-refractivity contribution >= 4 is 17.5 Å². The van der Waals surface area contributed by atoms with Crippen molar-refractivity contribution in [3.63, 3.8) is 0 Å². The number of anilines is 1. The third-order valence-corrected chi connectivity index (χ3v) is 7.28. The fraction of sp³-hybridized carbons (Fsp3) is 0.519. The van der Waals surface area contributed by atoms with Gasteiger partial charge in [0, 0.05) is 44.6 Å². The maximum atomic E-state index is 13.3. The maximum Gasteiger partial charge on any atom is 0.272 e. The van der Waals surface area contributed by atoms with Crippen molar-refractivity contribution in [1.82, 2.24) is 14.8 Å². The number of hydrogen-bond acceptors (Lipinski definition) is 7. The van der Waals surface area contributed by atoms with E-state index in [9.17, 15) is 14.7 Å². The molecule has 2 amide bonds. The Kier molecular flexibility index (Phi) is 7.79. The Hall–Kier alpha value is -3.01. The number of rotatable bonds is 4. The smallest absolute Gasteiger partial charge is 0.272 e. The van der Waals surface area contributed by atoms with Crippen molar-refractivity contribution in [2.24, 2.45) is 0 Å². The Morgan fingerprint density at radius 3 is 2.50 bits per heavy atom.